The van der Waals surface area contributed by atoms with Crippen LogP contribution in [-0.2, 0) is 4.74 Å². The monoisotopic (exact) mass is 334 g/mol. The second-order valence-electron chi connectivity index (χ2n) is 6.28. The molecule has 0 aliphatic carbocycles. The molecule has 7 nitrogen and oxygen atoms in total. The number of amides is 2. The molecule has 7 heteroatoms. The van der Waals surface area contributed by atoms with Crippen molar-refractivity contribution in [2.24, 2.45) is 0 Å². The topological polar surface area (TPSA) is 68.3 Å². The maximum Gasteiger partial charge on any atom is 0.410 e. The van der Waals surface area contributed by atoms with Gasteiger partial charge in [0.15, 0.2) is 11.5 Å². The van der Waals surface area contributed by atoms with E-state index in [9.17, 15) is 9.59 Å². The minimum atomic E-state index is -0.605. The molecule has 24 heavy (non-hydrogen) atoms. The molecule has 0 aromatic heterocycles. The van der Waals surface area contributed by atoms with Crippen molar-refractivity contribution in [3.63, 3.8) is 0 Å². The third-order valence-corrected chi connectivity index (χ3v) is 4.60. The highest BCUT2D eigenvalue weighted by Crippen LogP contribution is 2.35. The number of piperidine rings is 1. The van der Waals surface area contributed by atoms with Crippen LogP contribution in [0.2, 0.25) is 0 Å². The predicted molar refractivity (Wildman–Crippen MR) is 86.5 cm³/mol. The van der Waals surface area contributed by atoms with Crippen LogP contribution < -0.4 is 9.47 Å². The van der Waals surface area contributed by atoms with Gasteiger partial charge < -0.3 is 24.0 Å². The quantitative estimate of drug-likeness (QED) is 0.842. The Morgan fingerprint density at radius 3 is 2.67 bits per heavy atom. The fraction of sp³-hybridized carbons (Fsp3) is 0.529. The highest BCUT2D eigenvalue weighted by molar-refractivity contribution is 5.98. The number of hydrogen-bond acceptors (Lipinski definition) is 5. The molecule has 1 aromatic rings. The van der Waals surface area contributed by atoms with E-state index < -0.39 is 5.60 Å². The number of benzene rings is 1. The van der Waals surface area contributed by atoms with Crippen molar-refractivity contribution in [1.82, 2.24) is 9.80 Å². The number of hydrogen-bond donors (Lipinski definition) is 0. The van der Waals surface area contributed by atoms with Crippen molar-refractivity contribution in [3.8, 4) is 11.5 Å². The van der Waals surface area contributed by atoms with Crippen molar-refractivity contribution in [2.45, 2.75) is 18.4 Å². The number of rotatable bonds is 3. The summed E-state index contributed by atoms with van der Waals surface area (Å²) in [6.07, 6.45) is 1.23. The van der Waals surface area contributed by atoms with E-state index in [1.54, 1.807) is 35.0 Å². The largest absolute Gasteiger partial charge is 0.493 e. The summed E-state index contributed by atoms with van der Waals surface area (Å²) >= 11 is 0. The first-order chi connectivity index (χ1) is 11.5. The number of methoxy groups -OCH3 is 2. The normalized spacial score (nSPS) is 23.4. The first-order valence-electron chi connectivity index (χ1n) is 7.94. The smallest absolute Gasteiger partial charge is 0.410 e. The van der Waals surface area contributed by atoms with Crippen LogP contribution in [0.3, 0.4) is 0 Å². The van der Waals surface area contributed by atoms with E-state index in [1.807, 2.05) is 0 Å². The van der Waals surface area contributed by atoms with Gasteiger partial charge in [-0.15, -0.1) is 0 Å². The Morgan fingerprint density at radius 2 is 2.04 bits per heavy atom. The summed E-state index contributed by atoms with van der Waals surface area (Å²) in [5.41, 5.74) is -0.155. The number of carbonyl (C=O) groups is 2. The van der Waals surface area contributed by atoms with E-state index in [0.29, 0.717) is 36.7 Å². The first-order valence-corrected chi connectivity index (χ1v) is 7.94. The van der Waals surface area contributed by atoms with E-state index in [4.69, 9.17) is 14.2 Å². The van der Waals surface area contributed by atoms with Crippen molar-refractivity contribution < 1.29 is 23.8 Å². The van der Waals surface area contributed by atoms with Crippen molar-refractivity contribution in [3.05, 3.63) is 23.8 Å². The maximum atomic E-state index is 13.0. The van der Waals surface area contributed by atoms with Crippen LogP contribution >= 0.6 is 0 Å². The van der Waals surface area contributed by atoms with Crippen LogP contribution in [0.15, 0.2) is 18.2 Å². The van der Waals surface area contributed by atoms with Gasteiger partial charge in [-0.25, -0.2) is 4.79 Å². The molecule has 0 unspecified atom stereocenters. The molecule has 2 fully saturated rings. The Kier molecular flexibility index (Phi) is 4.26. The molecule has 2 saturated heterocycles. The van der Waals surface area contributed by atoms with Gasteiger partial charge in [0.1, 0.15) is 5.60 Å². The van der Waals surface area contributed by atoms with Crippen LogP contribution in [-0.4, -0.2) is 68.3 Å². The Morgan fingerprint density at radius 1 is 1.25 bits per heavy atom. The van der Waals surface area contributed by atoms with Crippen molar-refractivity contribution in [1.29, 1.82) is 0 Å². The summed E-state index contributed by atoms with van der Waals surface area (Å²) in [7, 11) is 4.76. The van der Waals surface area contributed by atoms with Gasteiger partial charge in [0.2, 0.25) is 0 Å². The lowest BCUT2D eigenvalue weighted by atomic mass is 9.92. The summed E-state index contributed by atoms with van der Waals surface area (Å²) in [4.78, 5) is 28.0. The second-order valence-corrected chi connectivity index (χ2v) is 6.28. The van der Waals surface area contributed by atoms with E-state index >= 15 is 0 Å². The SMILES string of the molecule is COc1cccc(C(=O)N2CCC[C@@]3(CN(C)C(=O)O3)C2)c1OC. The minimum absolute atomic E-state index is 0.143. The van der Waals surface area contributed by atoms with Gasteiger partial charge in [-0.1, -0.05) is 6.07 Å². The van der Waals surface area contributed by atoms with Crippen LogP contribution in [0, 0.1) is 0 Å². The molecule has 2 amide bonds. The first kappa shape index (κ1) is 16.4. The van der Waals surface area contributed by atoms with E-state index in [0.717, 1.165) is 12.8 Å². The van der Waals surface area contributed by atoms with Gasteiger partial charge in [0, 0.05) is 13.6 Å². The molecule has 2 aliphatic heterocycles. The third-order valence-electron chi connectivity index (χ3n) is 4.60. The Bertz CT molecular complexity index is 662. The zero-order valence-electron chi connectivity index (χ0n) is 14.2. The van der Waals surface area contributed by atoms with Crippen LogP contribution in [0.1, 0.15) is 23.2 Å². The maximum absolute atomic E-state index is 13.0. The average molecular weight is 334 g/mol. The number of likely N-dealkylation sites (N-methyl/N-ethyl adjacent to an activating group) is 1. The van der Waals surface area contributed by atoms with E-state index in [-0.39, 0.29) is 12.0 Å². The van der Waals surface area contributed by atoms with Crippen molar-refractivity contribution in [2.75, 3.05) is 40.9 Å². The fourth-order valence-corrected chi connectivity index (χ4v) is 3.50. The van der Waals surface area contributed by atoms with E-state index in [1.165, 1.54) is 14.2 Å². The summed E-state index contributed by atoms with van der Waals surface area (Å²) in [5.74, 6) is 0.794. The lowest BCUT2D eigenvalue weighted by molar-refractivity contribution is -0.00532. The van der Waals surface area contributed by atoms with E-state index in [2.05, 4.69) is 0 Å². The Labute approximate surface area is 141 Å². The number of ether oxygens (including phenoxy) is 3. The van der Waals surface area contributed by atoms with Gasteiger partial charge in [-0.3, -0.25) is 4.79 Å². The third kappa shape index (κ3) is 2.74. The zero-order chi connectivity index (χ0) is 17.3. The van der Waals surface area contributed by atoms with Gasteiger partial charge in [-0.2, -0.15) is 0 Å². The standard InChI is InChI=1S/C17H22N2O5/c1-18-10-17(24-16(18)21)8-5-9-19(11-17)15(20)12-6-4-7-13(22-2)14(12)23-3/h4,6-7H,5,8-11H2,1-3H3/t17-/m1/s1. The molecular weight excluding hydrogens is 312 g/mol. The molecular formula is C17H22N2O5. The lowest BCUT2D eigenvalue weighted by Gasteiger charge is -2.38. The summed E-state index contributed by atoms with van der Waals surface area (Å²) < 4.78 is 16.2. The van der Waals surface area contributed by atoms with Crippen molar-refractivity contribution >= 4 is 12.0 Å². The number of carbonyl (C=O) groups excluding carboxylic acids is 2. The number of likely N-dealkylation sites (tertiary alicyclic amines) is 1. The average Bonchev–Trinajstić information content (AvgIpc) is 2.86. The molecule has 1 aromatic carbocycles. The molecule has 130 valence electrons. The predicted octanol–water partition coefficient (Wildman–Crippen LogP) is 1.76. The molecule has 0 N–H and O–H groups in total. The lowest BCUT2D eigenvalue weighted by Crippen LogP contribution is -2.52. The molecule has 1 spiro atoms. The van der Waals surface area contributed by atoms with Gasteiger partial charge in [0.05, 0.1) is 32.9 Å². The Hall–Kier alpha value is -2.44. The highest BCUT2D eigenvalue weighted by atomic mass is 16.6. The minimum Gasteiger partial charge on any atom is -0.493 e. The molecule has 0 bridgehead atoms. The van der Waals surface area contributed by atoms with Gasteiger partial charge in [-0.05, 0) is 25.0 Å². The van der Waals surface area contributed by atoms with Gasteiger partial charge >= 0.3 is 6.09 Å². The van der Waals surface area contributed by atoms with Crippen LogP contribution in [0.25, 0.3) is 0 Å². The Balaban J connectivity index is 1.84. The summed E-state index contributed by atoms with van der Waals surface area (Å²) in [6, 6.07) is 5.23. The fourth-order valence-electron chi connectivity index (χ4n) is 3.50. The van der Waals surface area contributed by atoms with Crippen LogP contribution in [0.4, 0.5) is 4.79 Å². The summed E-state index contributed by atoms with van der Waals surface area (Å²) in [6.45, 7) is 1.52. The molecule has 0 saturated carbocycles. The number of nitrogens with zero attached hydrogens (tertiary/aromatic N) is 2. The molecule has 1 atom stereocenters. The second kappa shape index (κ2) is 6.22. The molecule has 2 heterocycles. The van der Waals surface area contributed by atoms with Gasteiger partial charge in [0.25, 0.3) is 5.91 Å². The molecule has 3 rings (SSSR count). The summed E-state index contributed by atoms with van der Waals surface area (Å²) in [5, 5.41) is 0. The number of para-hydroxylation sites is 1. The molecule has 2 aliphatic rings. The van der Waals surface area contributed by atoms with Crippen LogP contribution in [0.5, 0.6) is 11.5 Å². The zero-order valence-corrected chi connectivity index (χ0v) is 14.2. The molecule has 0 radical (unpaired) electrons. The highest BCUT2D eigenvalue weighted by Gasteiger charge is 2.47.